The summed E-state index contributed by atoms with van der Waals surface area (Å²) < 4.78 is 5.10. The van der Waals surface area contributed by atoms with E-state index < -0.39 is 12.0 Å². The second kappa shape index (κ2) is 10.4. The molecule has 168 valence electrons. The van der Waals surface area contributed by atoms with E-state index in [1.54, 1.807) is 16.8 Å². The molecule has 0 saturated carbocycles. The van der Waals surface area contributed by atoms with Gasteiger partial charge in [0.2, 0.25) is 11.8 Å². The fourth-order valence-electron chi connectivity index (χ4n) is 4.21. The monoisotopic (exact) mass is 428 g/mol. The minimum absolute atomic E-state index is 0.0379. The van der Waals surface area contributed by atoms with Crippen LogP contribution < -0.4 is 5.01 Å². The quantitative estimate of drug-likeness (QED) is 0.623. The molecule has 2 heterocycles. The Morgan fingerprint density at radius 2 is 1.71 bits per heavy atom. The molecule has 1 fully saturated rings. The van der Waals surface area contributed by atoms with E-state index in [4.69, 9.17) is 4.74 Å². The van der Waals surface area contributed by atoms with Gasteiger partial charge in [-0.25, -0.2) is 4.79 Å². The molecule has 1 aromatic carbocycles. The Balaban J connectivity index is 1.70. The first-order valence-corrected chi connectivity index (χ1v) is 11.2. The Labute approximate surface area is 183 Å². The third-order valence-electron chi connectivity index (χ3n) is 5.96. The number of likely N-dealkylation sites (tertiary alicyclic amines) is 1. The molecule has 0 N–H and O–H groups in total. The maximum absolute atomic E-state index is 13.4. The molecule has 2 aliphatic heterocycles. The van der Waals surface area contributed by atoms with Crippen LogP contribution >= 0.6 is 0 Å². The SMILES string of the molecule is CCOC(=O)C1=NN(c2ccccc2)C(C(=O)N2CCC(C(=O)N(CC)CC)CC2)C1. The van der Waals surface area contributed by atoms with Gasteiger partial charge < -0.3 is 14.5 Å². The normalized spacial score (nSPS) is 19.2. The Kier molecular flexibility index (Phi) is 7.65. The Bertz CT molecular complexity index is 814. The Hall–Kier alpha value is -2.90. The van der Waals surface area contributed by atoms with Crippen LogP contribution in [0.4, 0.5) is 5.69 Å². The number of amides is 2. The standard InChI is InChI=1S/C23H32N4O4/c1-4-25(5-2)21(28)17-12-14-26(15-13-17)22(29)20-16-19(23(30)31-6-3)24-27(20)18-10-8-7-9-11-18/h7-11,17,20H,4-6,12-16H2,1-3H3. The fraction of sp³-hybridized carbons (Fsp3) is 0.565. The average molecular weight is 429 g/mol. The summed E-state index contributed by atoms with van der Waals surface area (Å²) in [6.45, 7) is 8.45. The summed E-state index contributed by atoms with van der Waals surface area (Å²) in [7, 11) is 0. The lowest BCUT2D eigenvalue weighted by atomic mass is 9.94. The molecule has 1 saturated heterocycles. The molecular formula is C23H32N4O4. The van der Waals surface area contributed by atoms with Crippen LogP contribution in [0.1, 0.15) is 40.0 Å². The van der Waals surface area contributed by atoms with Crippen LogP contribution in [0.15, 0.2) is 35.4 Å². The molecule has 0 aromatic heterocycles. The molecule has 0 aliphatic carbocycles. The molecule has 8 heteroatoms. The predicted molar refractivity (Wildman–Crippen MR) is 119 cm³/mol. The van der Waals surface area contributed by atoms with Gasteiger partial charge in [-0.3, -0.25) is 14.6 Å². The summed E-state index contributed by atoms with van der Waals surface area (Å²) in [5.74, 6) is -0.413. The Morgan fingerprint density at radius 3 is 2.29 bits per heavy atom. The number of rotatable bonds is 7. The molecule has 0 bridgehead atoms. The Morgan fingerprint density at radius 1 is 1.06 bits per heavy atom. The minimum Gasteiger partial charge on any atom is -0.461 e. The van der Waals surface area contributed by atoms with E-state index in [2.05, 4.69) is 5.10 Å². The van der Waals surface area contributed by atoms with Gasteiger partial charge in [0.1, 0.15) is 11.8 Å². The highest BCUT2D eigenvalue weighted by Gasteiger charge is 2.40. The highest BCUT2D eigenvalue weighted by molar-refractivity contribution is 6.38. The lowest BCUT2D eigenvalue weighted by Crippen LogP contribution is -2.50. The highest BCUT2D eigenvalue weighted by Crippen LogP contribution is 2.28. The molecule has 0 radical (unpaired) electrons. The zero-order chi connectivity index (χ0) is 22.4. The lowest BCUT2D eigenvalue weighted by molar-refractivity contribution is -0.141. The first kappa shape index (κ1) is 22.8. The predicted octanol–water partition coefficient (Wildman–Crippen LogP) is 2.29. The summed E-state index contributed by atoms with van der Waals surface area (Å²) in [5.41, 5.74) is 1.02. The van der Waals surface area contributed by atoms with E-state index in [1.165, 1.54) is 0 Å². The number of esters is 1. The number of anilines is 1. The van der Waals surface area contributed by atoms with Crippen LogP contribution in [0.2, 0.25) is 0 Å². The maximum Gasteiger partial charge on any atom is 0.354 e. The molecule has 1 aromatic rings. The maximum atomic E-state index is 13.4. The van der Waals surface area contributed by atoms with Gasteiger partial charge in [0.05, 0.1) is 12.3 Å². The molecule has 2 aliphatic rings. The summed E-state index contributed by atoms with van der Waals surface area (Å²) >= 11 is 0. The number of hydrogen-bond donors (Lipinski definition) is 0. The number of hydrogen-bond acceptors (Lipinski definition) is 6. The van der Waals surface area contributed by atoms with Gasteiger partial charge in [0.25, 0.3) is 0 Å². The first-order valence-electron chi connectivity index (χ1n) is 11.2. The van der Waals surface area contributed by atoms with Crippen molar-refractivity contribution in [3.63, 3.8) is 0 Å². The fourth-order valence-corrected chi connectivity index (χ4v) is 4.21. The minimum atomic E-state index is -0.586. The number of nitrogens with zero attached hydrogens (tertiary/aromatic N) is 4. The first-order chi connectivity index (χ1) is 15.0. The van der Waals surface area contributed by atoms with Crippen LogP contribution in [0.3, 0.4) is 0 Å². The van der Waals surface area contributed by atoms with E-state index in [9.17, 15) is 14.4 Å². The zero-order valence-corrected chi connectivity index (χ0v) is 18.6. The van der Waals surface area contributed by atoms with Gasteiger partial charge >= 0.3 is 5.97 Å². The van der Waals surface area contributed by atoms with Crippen LogP contribution in [0.25, 0.3) is 0 Å². The second-order valence-corrected chi connectivity index (χ2v) is 7.78. The van der Waals surface area contributed by atoms with Gasteiger partial charge in [-0.2, -0.15) is 5.10 Å². The van der Waals surface area contributed by atoms with Crippen LogP contribution in [-0.4, -0.2) is 72.1 Å². The number of para-hydroxylation sites is 1. The largest absolute Gasteiger partial charge is 0.461 e. The van der Waals surface area contributed by atoms with Crippen molar-refractivity contribution in [3.05, 3.63) is 30.3 Å². The van der Waals surface area contributed by atoms with Crippen molar-refractivity contribution >= 4 is 29.2 Å². The van der Waals surface area contributed by atoms with Gasteiger partial charge in [-0.1, -0.05) is 18.2 Å². The van der Waals surface area contributed by atoms with E-state index in [1.807, 2.05) is 49.1 Å². The molecule has 1 atom stereocenters. The number of ether oxygens (including phenoxy) is 1. The van der Waals surface area contributed by atoms with E-state index in [0.717, 1.165) is 5.69 Å². The molecule has 8 nitrogen and oxygen atoms in total. The number of piperidine rings is 1. The number of carbonyl (C=O) groups is 3. The molecule has 1 unspecified atom stereocenters. The number of benzene rings is 1. The van der Waals surface area contributed by atoms with Crippen molar-refractivity contribution in [1.29, 1.82) is 0 Å². The van der Waals surface area contributed by atoms with Crippen molar-refractivity contribution in [3.8, 4) is 0 Å². The smallest absolute Gasteiger partial charge is 0.354 e. The average Bonchev–Trinajstić information content (AvgIpc) is 3.26. The molecular weight excluding hydrogens is 396 g/mol. The molecule has 31 heavy (non-hydrogen) atoms. The van der Waals surface area contributed by atoms with Gasteiger partial charge in [0, 0.05) is 38.5 Å². The van der Waals surface area contributed by atoms with Crippen LogP contribution in [0.5, 0.6) is 0 Å². The number of hydrazone groups is 1. The van der Waals surface area contributed by atoms with Crippen molar-refractivity contribution in [2.75, 3.05) is 37.8 Å². The van der Waals surface area contributed by atoms with Crippen molar-refractivity contribution in [1.82, 2.24) is 9.80 Å². The van der Waals surface area contributed by atoms with E-state index >= 15 is 0 Å². The summed E-state index contributed by atoms with van der Waals surface area (Å²) in [5, 5.41) is 6.06. The summed E-state index contributed by atoms with van der Waals surface area (Å²) in [6, 6.07) is 8.79. The molecule has 0 spiro atoms. The van der Waals surface area contributed by atoms with Gasteiger partial charge in [-0.15, -0.1) is 0 Å². The van der Waals surface area contributed by atoms with Gasteiger partial charge in [0.15, 0.2) is 0 Å². The molecule has 3 rings (SSSR count). The second-order valence-electron chi connectivity index (χ2n) is 7.78. The number of carbonyl (C=O) groups excluding carboxylic acids is 3. The third-order valence-corrected chi connectivity index (χ3v) is 5.96. The summed E-state index contributed by atoms with van der Waals surface area (Å²) in [6.07, 6.45) is 1.53. The van der Waals surface area contributed by atoms with Crippen LogP contribution in [-0.2, 0) is 19.1 Å². The third kappa shape index (κ3) is 5.06. The zero-order valence-electron chi connectivity index (χ0n) is 18.6. The van der Waals surface area contributed by atoms with Gasteiger partial charge in [-0.05, 0) is 45.7 Å². The van der Waals surface area contributed by atoms with Crippen molar-refractivity contribution in [2.24, 2.45) is 11.0 Å². The topological polar surface area (TPSA) is 82.5 Å². The highest BCUT2D eigenvalue weighted by atomic mass is 16.5. The van der Waals surface area contributed by atoms with E-state index in [0.29, 0.717) is 39.0 Å². The van der Waals surface area contributed by atoms with E-state index in [-0.39, 0.29) is 36.5 Å². The molecule has 2 amide bonds. The summed E-state index contributed by atoms with van der Waals surface area (Å²) in [4.78, 5) is 42.0. The lowest BCUT2D eigenvalue weighted by Gasteiger charge is -2.36. The van der Waals surface area contributed by atoms with Crippen molar-refractivity contribution < 1.29 is 19.1 Å². The van der Waals surface area contributed by atoms with Crippen LogP contribution in [0, 0.1) is 5.92 Å². The van der Waals surface area contributed by atoms with Crippen molar-refractivity contribution in [2.45, 2.75) is 46.1 Å².